The van der Waals surface area contributed by atoms with Gasteiger partial charge in [-0.2, -0.15) is 0 Å². The predicted molar refractivity (Wildman–Crippen MR) is 69.9 cm³/mol. The number of carboxylic acids is 1. The fourth-order valence-electron chi connectivity index (χ4n) is 1.62. The zero-order valence-electron chi connectivity index (χ0n) is 11.5. The molecule has 1 rings (SSSR count). The van der Waals surface area contributed by atoms with Crippen LogP contribution in [0.5, 0.6) is 0 Å². The SMILES string of the molecule is Cc1ccc(C(C)NC(=O)N(C)CCCC(=O)O)o1. The van der Waals surface area contributed by atoms with Crippen LogP contribution in [0.3, 0.4) is 0 Å². The lowest BCUT2D eigenvalue weighted by Gasteiger charge is -2.20. The Balaban J connectivity index is 2.39. The van der Waals surface area contributed by atoms with Gasteiger partial charge in [-0.3, -0.25) is 4.79 Å². The van der Waals surface area contributed by atoms with E-state index in [1.165, 1.54) is 4.90 Å². The number of amides is 2. The number of aliphatic carboxylic acids is 1. The van der Waals surface area contributed by atoms with E-state index in [2.05, 4.69) is 5.32 Å². The largest absolute Gasteiger partial charge is 0.481 e. The minimum Gasteiger partial charge on any atom is -0.481 e. The summed E-state index contributed by atoms with van der Waals surface area (Å²) in [5.41, 5.74) is 0. The van der Waals surface area contributed by atoms with Crippen LogP contribution in [0.25, 0.3) is 0 Å². The molecule has 1 aromatic rings. The molecule has 2 N–H and O–H groups in total. The lowest BCUT2D eigenvalue weighted by molar-refractivity contribution is -0.137. The summed E-state index contributed by atoms with van der Waals surface area (Å²) in [4.78, 5) is 23.7. The number of urea groups is 1. The molecule has 2 amide bonds. The Morgan fingerprint density at radius 1 is 1.47 bits per heavy atom. The highest BCUT2D eigenvalue weighted by Gasteiger charge is 2.15. The first-order valence-electron chi connectivity index (χ1n) is 6.20. The van der Waals surface area contributed by atoms with Gasteiger partial charge in [-0.1, -0.05) is 0 Å². The number of hydrogen-bond acceptors (Lipinski definition) is 3. The van der Waals surface area contributed by atoms with Gasteiger partial charge in [0, 0.05) is 20.0 Å². The van der Waals surface area contributed by atoms with Crippen molar-refractivity contribution in [2.24, 2.45) is 0 Å². The van der Waals surface area contributed by atoms with Crippen LogP contribution in [0.4, 0.5) is 4.79 Å². The van der Waals surface area contributed by atoms with Crippen LogP contribution in [0.15, 0.2) is 16.5 Å². The first kappa shape index (κ1) is 15.1. The molecule has 1 atom stereocenters. The zero-order chi connectivity index (χ0) is 14.4. The Morgan fingerprint density at radius 3 is 2.68 bits per heavy atom. The van der Waals surface area contributed by atoms with Crippen molar-refractivity contribution >= 4 is 12.0 Å². The first-order chi connectivity index (χ1) is 8.90. The highest BCUT2D eigenvalue weighted by Crippen LogP contribution is 2.15. The lowest BCUT2D eigenvalue weighted by Crippen LogP contribution is -2.39. The van der Waals surface area contributed by atoms with Crippen LogP contribution >= 0.6 is 0 Å². The normalized spacial score (nSPS) is 11.9. The maximum absolute atomic E-state index is 11.8. The van der Waals surface area contributed by atoms with Crippen molar-refractivity contribution in [2.75, 3.05) is 13.6 Å². The van der Waals surface area contributed by atoms with Crippen LogP contribution in [-0.4, -0.2) is 35.6 Å². The molecular weight excluding hydrogens is 248 g/mol. The van der Waals surface area contributed by atoms with Crippen molar-refractivity contribution in [1.82, 2.24) is 10.2 Å². The maximum Gasteiger partial charge on any atom is 0.317 e. The summed E-state index contributed by atoms with van der Waals surface area (Å²) in [5.74, 6) is 0.643. The monoisotopic (exact) mass is 268 g/mol. The van der Waals surface area contributed by atoms with E-state index in [9.17, 15) is 9.59 Å². The van der Waals surface area contributed by atoms with Gasteiger partial charge in [-0.15, -0.1) is 0 Å². The fourth-order valence-corrected chi connectivity index (χ4v) is 1.62. The third-order valence-corrected chi connectivity index (χ3v) is 2.76. The van der Waals surface area contributed by atoms with Crippen molar-refractivity contribution in [1.29, 1.82) is 0 Å². The minimum absolute atomic E-state index is 0.0601. The molecule has 1 unspecified atom stereocenters. The summed E-state index contributed by atoms with van der Waals surface area (Å²) in [7, 11) is 1.64. The minimum atomic E-state index is -0.853. The van der Waals surface area contributed by atoms with Gasteiger partial charge in [0.15, 0.2) is 0 Å². The van der Waals surface area contributed by atoms with Gasteiger partial charge in [-0.25, -0.2) is 4.79 Å². The second-order valence-corrected chi connectivity index (χ2v) is 4.54. The second-order valence-electron chi connectivity index (χ2n) is 4.54. The van der Waals surface area contributed by atoms with Crippen molar-refractivity contribution in [2.45, 2.75) is 32.7 Å². The molecule has 106 valence electrons. The van der Waals surface area contributed by atoms with Gasteiger partial charge in [0.1, 0.15) is 11.5 Å². The molecule has 0 bridgehead atoms. The number of carbonyl (C=O) groups excluding carboxylic acids is 1. The van der Waals surface area contributed by atoms with E-state index in [1.807, 2.05) is 26.0 Å². The van der Waals surface area contributed by atoms with Gasteiger partial charge < -0.3 is 19.7 Å². The number of nitrogens with one attached hydrogen (secondary N) is 1. The van der Waals surface area contributed by atoms with E-state index in [0.717, 1.165) is 5.76 Å². The molecule has 0 aliphatic rings. The molecule has 19 heavy (non-hydrogen) atoms. The lowest BCUT2D eigenvalue weighted by atomic mass is 10.2. The first-order valence-corrected chi connectivity index (χ1v) is 6.20. The number of rotatable bonds is 6. The van der Waals surface area contributed by atoms with Gasteiger partial charge in [0.05, 0.1) is 6.04 Å². The van der Waals surface area contributed by atoms with E-state index in [0.29, 0.717) is 18.7 Å². The smallest absolute Gasteiger partial charge is 0.317 e. The van der Waals surface area contributed by atoms with E-state index in [-0.39, 0.29) is 18.5 Å². The van der Waals surface area contributed by atoms with Gasteiger partial charge in [-0.05, 0) is 32.4 Å². The molecular formula is C13H20N2O4. The molecule has 0 saturated carbocycles. The Bertz CT molecular complexity index is 442. The van der Waals surface area contributed by atoms with E-state index in [1.54, 1.807) is 7.05 Å². The topological polar surface area (TPSA) is 82.8 Å². The van der Waals surface area contributed by atoms with Gasteiger partial charge in [0.25, 0.3) is 0 Å². The molecule has 0 aliphatic carbocycles. The van der Waals surface area contributed by atoms with Crippen molar-refractivity contribution in [3.05, 3.63) is 23.7 Å². The molecule has 0 spiro atoms. The summed E-state index contributed by atoms with van der Waals surface area (Å²) < 4.78 is 5.43. The standard InChI is InChI=1S/C13H20N2O4/c1-9-6-7-11(19-9)10(2)14-13(18)15(3)8-4-5-12(16)17/h6-7,10H,4-5,8H2,1-3H3,(H,14,18)(H,16,17). The fraction of sp³-hybridized carbons (Fsp3) is 0.538. The highest BCUT2D eigenvalue weighted by atomic mass is 16.4. The van der Waals surface area contributed by atoms with E-state index >= 15 is 0 Å². The van der Waals surface area contributed by atoms with Crippen LogP contribution in [0.1, 0.15) is 37.3 Å². The van der Waals surface area contributed by atoms with Crippen LogP contribution in [0, 0.1) is 6.92 Å². The summed E-state index contributed by atoms with van der Waals surface area (Å²) in [6, 6.07) is 3.20. The van der Waals surface area contributed by atoms with Crippen molar-refractivity contribution in [3.63, 3.8) is 0 Å². The number of aryl methyl sites for hydroxylation is 1. The number of carboxylic acid groups (broad SMARTS) is 1. The average Bonchev–Trinajstić information content (AvgIpc) is 2.75. The third kappa shape index (κ3) is 5.03. The summed E-state index contributed by atoms with van der Waals surface area (Å²) >= 11 is 0. The summed E-state index contributed by atoms with van der Waals surface area (Å²) in [5, 5.41) is 11.3. The van der Waals surface area contributed by atoms with Crippen LogP contribution in [-0.2, 0) is 4.79 Å². The number of nitrogens with zero attached hydrogens (tertiary/aromatic N) is 1. The molecule has 1 heterocycles. The number of carbonyl (C=O) groups is 2. The van der Waals surface area contributed by atoms with E-state index in [4.69, 9.17) is 9.52 Å². The molecule has 1 aromatic heterocycles. The molecule has 0 fully saturated rings. The van der Waals surface area contributed by atoms with Crippen LogP contribution in [0.2, 0.25) is 0 Å². The average molecular weight is 268 g/mol. The number of furan rings is 1. The van der Waals surface area contributed by atoms with Crippen molar-refractivity contribution < 1.29 is 19.1 Å². The van der Waals surface area contributed by atoms with Crippen LogP contribution < -0.4 is 5.32 Å². The summed E-state index contributed by atoms with van der Waals surface area (Å²) in [6.07, 6.45) is 0.498. The Hall–Kier alpha value is -1.98. The van der Waals surface area contributed by atoms with Gasteiger partial charge >= 0.3 is 12.0 Å². The Morgan fingerprint density at radius 2 is 2.16 bits per heavy atom. The van der Waals surface area contributed by atoms with Gasteiger partial charge in [0.2, 0.25) is 0 Å². The van der Waals surface area contributed by atoms with E-state index < -0.39 is 5.97 Å². The highest BCUT2D eigenvalue weighted by molar-refractivity contribution is 5.74. The Kier molecular flexibility index (Phi) is 5.41. The molecule has 6 nitrogen and oxygen atoms in total. The quantitative estimate of drug-likeness (QED) is 0.828. The molecule has 0 saturated heterocycles. The maximum atomic E-state index is 11.8. The second kappa shape index (κ2) is 6.82. The number of hydrogen-bond donors (Lipinski definition) is 2. The molecule has 0 aromatic carbocycles. The summed E-state index contributed by atoms with van der Waals surface area (Å²) in [6.45, 7) is 4.08. The predicted octanol–water partition coefficient (Wildman–Crippen LogP) is 2.16. The molecule has 0 aliphatic heterocycles. The zero-order valence-corrected chi connectivity index (χ0v) is 11.5. The molecule has 6 heteroatoms. The Labute approximate surface area is 112 Å². The third-order valence-electron chi connectivity index (χ3n) is 2.76. The van der Waals surface area contributed by atoms with Crippen molar-refractivity contribution in [3.8, 4) is 0 Å². The molecule has 0 radical (unpaired) electrons.